The first-order chi connectivity index (χ1) is 18.4. The molecule has 1 nitrogen and oxygen atoms in total. The smallest absolute Gasteiger partial charge is 0.0530 e. The Kier molecular flexibility index (Phi) is 5.58. The molecule has 0 unspecified atom stereocenters. The number of nitrogens with zero attached hydrogens (tertiary/aromatic N) is 1. The van der Waals surface area contributed by atoms with Crippen LogP contribution in [-0.2, 0) is 6.54 Å². The molecule has 1 aromatic heterocycles. The highest BCUT2D eigenvalue weighted by molar-refractivity contribution is 5.85. The van der Waals surface area contributed by atoms with Gasteiger partial charge in [0, 0.05) is 18.4 Å². The number of hydrogen-bond donors (Lipinski definition) is 0. The minimum atomic E-state index is 0.266. The second-order valence-corrected chi connectivity index (χ2v) is 10.6. The summed E-state index contributed by atoms with van der Waals surface area (Å²) >= 11 is 0. The SMILES string of the molecule is CCCCCCn1c(-c2ccccc2)c2c(c1-c1ccccc1)C1c3ccccc3C2c2ccccc21. The molecule has 0 saturated heterocycles. The molecule has 0 saturated carbocycles. The highest BCUT2D eigenvalue weighted by atomic mass is 15.0. The van der Waals surface area contributed by atoms with Crippen LogP contribution in [0, 0.1) is 0 Å². The van der Waals surface area contributed by atoms with Crippen LogP contribution in [0.2, 0.25) is 0 Å². The van der Waals surface area contributed by atoms with Crippen LogP contribution in [0.15, 0.2) is 109 Å². The van der Waals surface area contributed by atoms with Gasteiger partial charge in [-0.1, -0.05) is 135 Å². The van der Waals surface area contributed by atoms with Crippen molar-refractivity contribution < 1.29 is 0 Å². The van der Waals surface area contributed by atoms with E-state index in [0.29, 0.717) is 0 Å². The first-order valence-electron chi connectivity index (χ1n) is 13.9. The molecule has 2 bridgehead atoms. The van der Waals surface area contributed by atoms with Crippen molar-refractivity contribution in [1.29, 1.82) is 0 Å². The van der Waals surface area contributed by atoms with Crippen LogP contribution >= 0.6 is 0 Å². The highest BCUT2D eigenvalue weighted by Crippen LogP contribution is 2.60. The van der Waals surface area contributed by atoms with Crippen molar-refractivity contribution in [3.05, 3.63) is 143 Å². The quantitative estimate of drug-likeness (QED) is 0.201. The molecule has 0 aliphatic heterocycles. The molecule has 182 valence electrons. The van der Waals surface area contributed by atoms with E-state index in [2.05, 4.69) is 121 Å². The van der Waals surface area contributed by atoms with Crippen molar-refractivity contribution in [3.63, 3.8) is 0 Å². The van der Waals surface area contributed by atoms with E-state index in [1.165, 1.54) is 81.6 Å². The Balaban J connectivity index is 1.57. The molecule has 0 radical (unpaired) electrons. The Morgan fingerprint density at radius 1 is 0.486 bits per heavy atom. The molecule has 37 heavy (non-hydrogen) atoms. The lowest BCUT2D eigenvalue weighted by Crippen LogP contribution is -2.27. The van der Waals surface area contributed by atoms with E-state index in [-0.39, 0.29) is 11.8 Å². The summed E-state index contributed by atoms with van der Waals surface area (Å²) in [5.74, 6) is 0.531. The van der Waals surface area contributed by atoms with Gasteiger partial charge in [-0.15, -0.1) is 0 Å². The summed E-state index contributed by atoms with van der Waals surface area (Å²) in [5.41, 5.74) is 14.5. The summed E-state index contributed by atoms with van der Waals surface area (Å²) in [6.07, 6.45) is 5.03. The van der Waals surface area contributed by atoms with Gasteiger partial charge < -0.3 is 4.57 Å². The molecule has 4 aromatic carbocycles. The van der Waals surface area contributed by atoms with E-state index in [0.717, 1.165) is 6.54 Å². The normalized spacial score (nSPS) is 16.8. The first-order valence-corrected chi connectivity index (χ1v) is 13.9. The van der Waals surface area contributed by atoms with Gasteiger partial charge in [-0.25, -0.2) is 0 Å². The first kappa shape index (κ1) is 22.4. The van der Waals surface area contributed by atoms with Gasteiger partial charge in [-0.3, -0.25) is 0 Å². The zero-order chi connectivity index (χ0) is 24.8. The minimum Gasteiger partial charge on any atom is -0.340 e. The molecule has 5 aromatic rings. The summed E-state index contributed by atoms with van der Waals surface area (Å²) in [4.78, 5) is 0. The number of hydrogen-bond acceptors (Lipinski definition) is 0. The Morgan fingerprint density at radius 3 is 1.30 bits per heavy atom. The van der Waals surface area contributed by atoms with Crippen molar-refractivity contribution >= 4 is 0 Å². The number of aromatic nitrogens is 1. The lowest BCUT2D eigenvalue weighted by molar-refractivity contribution is 0.589. The topological polar surface area (TPSA) is 4.93 Å². The van der Waals surface area contributed by atoms with Gasteiger partial charge in [0.2, 0.25) is 0 Å². The maximum Gasteiger partial charge on any atom is 0.0530 e. The van der Waals surface area contributed by atoms with Crippen molar-refractivity contribution in [3.8, 4) is 22.5 Å². The van der Waals surface area contributed by atoms with Crippen molar-refractivity contribution in [1.82, 2.24) is 4.57 Å². The summed E-state index contributed by atoms with van der Waals surface area (Å²) < 4.78 is 2.70. The molecule has 1 heteroatoms. The maximum absolute atomic E-state index is 2.70. The van der Waals surface area contributed by atoms with E-state index in [4.69, 9.17) is 0 Å². The Bertz CT molecular complexity index is 1400. The average Bonchev–Trinajstić information content (AvgIpc) is 3.31. The van der Waals surface area contributed by atoms with E-state index in [9.17, 15) is 0 Å². The fourth-order valence-corrected chi connectivity index (χ4v) is 7.01. The fraction of sp³-hybridized carbons (Fsp3) is 0.222. The molecule has 1 heterocycles. The zero-order valence-corrected chi connectivity index (χ0v) is 21.5. The maximum atomic E-state index is 2.70. The molecule has 3 aliphatic carbocycles. The Labute approximate surface area is 220 Å². The van der Waals surface area contributed by atoms with Crippen LogP contribution in [0.25, 0.3) is 22.5 Å². The largest absolute Gasteiger partial charge is 0.340 e. The molecule has 0 amide bonds. The Morgan fingerprint density at radius 2 is 0.892 bits per heavy atom. The summed E-state index contributed by atoms with van der Waals surface area (Å²) in [6, 6.07) is 40.7. The van der Waals surface area contributed by atoms with Crippen LogP contribution in [-0.4, -0.2) is 4.57 Å². The molecule has 8 rings (SSSR count). The van der Waals surface area contributed by atoms with Gasteiger partial charge in [-0.2, -0.15) is 0 Å². The van der Waals surface area contributed by atoms with Gasteiger partial charge in [0.05, 0.1) is 11.4 Å². The number of unbranched alkanes of at least 4 members (excludes halogenated alkanes) is 3. The molecular formula is C36H33N. The summed E-state index contributed by atoms with van der Waals surface area (Å²) in [5, 5.41) is 0. The minimum absolute atomic E-state index is 0.266. The third-order valence-corrected chi connectivity index (χ3v) is 8.48. The second kappa shape index (κ2) is 9.23. The number of rotatable bonds is 7. The van der Waals surface area contributed by atoms with E-state index >= 15 is 0 Å². The van der Waals surface area contributed by atoms with Gasteiger partial charge in [0.1, 0.15) is 0 Å². The highest BCUT2D eigenvalue weighted by Gasteiger charge is 2.46. The number of benzene rings is 4. The fourth-order valence-electron chi connectivity index (χ4n) is 7.01. The third kappa shape index (κ3) is 3.44. The van der Waals surface area contributed by atoms with Gasteiger partial charge in [0.15, 0.2) is 0 Å². The summed E-state index contributed by atoms with van der Waals surface area (Å²) in [6.45, 7) is 3.35. The van der Waals surface area contributed by atoms with Crippen molar-refractivity contribution in [2.45, 2.75) is 51.0 Å². The van der Waals surface area contributed by atoms with E-state index in [1.54, 1.807) is 0 Å². The van der Waals surface area contributed by atoms with Gasteiger partial charge in [0.25, 0.3) is 0 Å². The molecule has 0 atom stereocenters. The average molecular weight is 480 g/mol. The molecule has 0 fully saturated rings. The van der Waals surface area contributed by atoms with Gasteiger partial charge in [-0.05, 0) is 50.9 Å². The van der Waals surface area contributed by atoms with Crippen LogP contribution < -0.4 is 0 Å². The van der Waals surface area contributed by atoms with Crippen LogP contribution in [0.1, 0.15) is 77.8 Å². The van der Waals surface area contributed by atoms with Crippen LogP contribution in [0.3, 0.4) is 0 Å². The lowest BCUT2D eigenvalue weighted by atomic mass is 9.61. The predicted molar refractivity (Wildman–Crippen MR) is 154 cm³/mol. The third-order valence-electron chi connectivity index (χ3n) is 8.48. The zero-order valence-electron chi connectivity index (χ0n) is 21.5. The lowest BCUT2D eigenvalue weighted by Gasteiger charge is -2.41. The molecular weight excluding hydrogens is 446 g/mol. The molecule has 0 N–H and O–H groups in total. The Hall–Kier alpha value is -3.84. The van der Waals surface area contributed by atoms with E-state index < -0.39 is 0 Å². The predicted octanol–water partition coefficient (Wildman–Crippen LogP) is 9.39. The molecule has 0 spiro atoms. The van der Waals surface area contributed by atoms with Crippen molar-refractivity contribution in [2.24, 2.45) is 0 Å². The van der Waals surface area contributed by atoms with Gasteiger partial charge >= 0.3 is 0 Å². The van der Waals surface area contributed by atoms with Crippen LogP contribution in [0.4, 0.5) is 0 Å². The standard InChI is InChI=1S/C36H33N/c1-2-3-4-15-24-37-35(25-16-7-5-8-17-25)33-31-27-20-11-13-22-29(27)32(30-23-14-12-21-28(30)31)34(33)36(37)26-18-9-6-10-19-26/h5-14,16-23,31-32H,2-4,15,24H2,1H3. The van der Waals surface area contributed by atoms with Crippen molar-refractivity contribution in [2.75, 3.05) is 0 Å². The van der Waals surface area contributed by atoms with Crippen LogP contribution in [0.5, 0.6) is 0 Å². The molecule has 3 aliphatic rings. The van der Waals surface area contributed by atoms with E-state index in [1.807, 2.05) is 0 Å². The monoisotopic (exact) mass is 479 g/mol. The summed E-state index contributed by atoms with van der Waals surface area (Å²) in [7, 11) is 0. The second-order valence-electron chi connectivity index (χ2n) is 10.6.